The van der Waals surface area contributed by atoms with Gasteiger partial charge in [0.25, 0.3) is 5.69 Å². The lowest BCUT2D eigenvalue weighted by atomic mass is 10.2. The molecule has 0 aliphatic carbocycles. The third-order valence-corrected chi connectivity index (χ3v) is 6.88. The molecule has 0 unspecified atom stereocenters. The minimum absolute atomic E-state index is 0.0134. The van der Waals surface area contributed by atoms with Crippen molar-refractivity contribution in [3.63, 3.8) is 0 Å². The number of nitrogens with one attached hydrogen (secondary N) is 1. The molecule has 0 bridgehead atoms. The van der Waals surface area contributed by atoms with E-state index in [1.54, 1.807) is 23.9 Å². The molecule has 1 aromatic carbocycles. The zero-order valence-corrected chi connectivity index (χ0v) is 16.2. The molecule has 0 radical (unpaired) electrons. The highest BCUT2D eigenvalue weighted by Crippen LogP contribution is 2.31. The van der Waals surface area contributed by atoms with E-state index in [1.807, 2.05) is 6.92 Å². The van der Waals surface area contributed by atoms with E-state index in [4.69, 9.17) is 0 Å². The number of nitrogens with zero attached hydrogens (tertiary/aromatic N) is 4. The summed E-state index contributed by atoms with van der Waals surface area (Å²) in [6, 6.07) is 6.17. The summed E-state index contributed by atoms with van der Waals surface area (Å²) in [5, 5.41) is 22.3. The number of thioether (sulfide) groups is 2. The van der Waals surface area contributed by atoms with Gasteiger partial charge in [0.2, 0.25) is 11.0 Å². The van der Waals surface area contributed by atoms with Gasteiger partial charge in [0.05, 0.1) is 16.7 Å². The number of benzene rings is 1. The van der Waals surface area contributed by atoms with Crippen LogP contribution in [-0.2, 0) is 4.79 Å². The summed E-state index contributed by atoms with van der Waals surface area (Å²) >= 11 is 4.32. The molecular weight excluding hydrogens is 394 g/mol. The Morgan fingerprint density at radius 1 is 1.46 bits per heavy atom. The molecule has 0 saturated carbocycles. The topological polar surface area (TPSA) is 110 Å². The van der Waals surface area contributed by atoms with Gasteiger partial charge >= 0.3 is 0 Å². The fraction of sp³-hybridized carbons (Fsp3) is 0.333. The van der Waals surface area contributed by atoms with Gasteiger partial charge in [-0.05, 0) is 6.42 Å². The Morgan fingerprint density at radius 2 is 2.31 bits per heavy atom. The molecule has 0 fully saturated rings. The number of hydrogen-bond donors (Lipinski definition) is 1. The van der Waals surface area contributed by atoms with Gasteiger partial charge in [-0.25, -0.2) is 0 Å². The largest absolute Gasteiger partial charge is 0.300 e. The van der Waals surface area contributed by atoms with Crippen LogP contribution in [0.3, 0.4) is 0 Å². The van der Waals surface area contributed by atoms with Gasteiger partial charge in [0.15, 0.2) is 0 Å². The number of amides is 1. The van der Waals surface area contributed by atoms with Crippen LogP contribution in [0.4, 0.5) is 10.8 Å². The van der Waals surface area contributed by atoms with Crippen LogP contribution in [0.2, 0.25) is 0 Å². The Kier molecular flexibility index (Phi) is 6.22. The van der Waals surface area contributed by atoms with Gasteiger partial charge in [-0.3, -0.25) is 25.2 Å². The van der Waals surface area contributed by atoms with Gasteiger partial charge < -0.3 is 0 Å². The second kappa shape index (κ2) is 8.60. The predicted molar refractivity (Wildman–Crippen MR) is 107 cm³/mol. The lowest BCUT2D eigenvalue weighted by Crippen LogP contribution is -2.25. The number of aromatic nitrogens is 2. The highest BCUT2D eigenvalue weighted by atomic mass is 32.2. The molecule has 26 heavy (non-hydrogen) atoms. The van der Waals surface area contributed by atoms with Crippen molar-refractivity contribution in [3.05, 3.63) is 34.4 Å². The average molecular weight is 410 g/mol. The molecule has 11 heteroatoms. The Bertz CT molecular complexity index is 855. The molecule has 2 aromatic rings. The number of non-ortho nitro benzene ring substituents is 1. The van der Waals surface area contributed by atoms with E-state index in [-0.39, 0.29) is 16.8 Å². The van der Waals surface area contributed by atoms with Crippen molar-refractivity contribution in [2.45, 2.75) is 18.6 Å². The van der Waals surface area contributed by atoms with Gasteiger partial charge in [0, 0.05) is 23.4 Å². The number of hydrogen-bond acceptors (Lipinski definition) is 9. The molecule has 1 aliphatic heterocycles. The predicted octanol–water partition coefficient (Wildman–Crippen LogP) is 3.67. The Morgan fingerprint density at radius 3 is 3.00 bits per heavy atom. The van der Waals surface area contributed by atoms with Crippen molar-refractivity contribution in [2.24, 2.45) is 4.99 Å². The summed E-state index contributed by atoms with van der Waals surface area (Å²) in [4.78, 5) is 27.3. The SMILES string of the molecule is CC[C@H](SC1=NCCS1)C(=O)Nc1nnc(-c2cccc([N+](=O)[O-])c2)s1. The maximum absolute atomic E-state index is 12.5. The average Bonchev–Trinajstić information content (AvgIpc) is 3.31. The molecule has 1 aliphatic rings. The van der Waals surface area contributed by atoms with Crippen molar-refractivity contribution in [3.8, 4) is 10.6 Å². The van der Waals surface area contributed by atoms with Crippen molar-refractivity contribution in [1.82, 2.24) is 10.2 Å². The minimum Gasteiger partial charge on any atom is -0.300 e. The first-order chi connectivity index (χ1) is 12.6. The quantitative estimate of drug-likeness (QED) is 0.572. The van der Waals surface area contributed by atoms with E-state index in [0.29, 0.717) is 22.1 Å². The molecule has 1 atom stereocenters. The number of nitro groups is 1. The summed E-state index contributed by atoms with van der Waals surface area (Å²) in [5.41, 5.74) is 0.580. The van der Waals surface area contributed by atoms with E-state index in [2.05, 4.69) is 20.5 Å². The molecule has 2 heterocycles. The standard InChI is InChI=1S/C15H15N5O3S3/c1-2-11(25-15-16-6-7-24-15)12(21)17-14-19-18-13(26-14)9-4-3-5-10(8-9)20(22)23/h3-5,8,11H,2,6-7H2,1H3,(H,17,19,21)/t11-/m0/s1. The third-order valence-electron chi connectivity index (χ3n) is 3.42. The van der Waals surface area contributed by atoms with Crippen LogP contribution in [0.25, 0.3) is 10.6 Å². The molecule has 136 valence electrons. The molecule has 1 aromatic heterocycles. The summed E-state index contributed by atoms with van der Waals surface area (Å²) in [6.07, 6.45) is 0.673. The van der Waals surface area contributed by atoms with E-state index in [0.717, 1.165) is 16.7 Å². The number of nitro benzene ring substituents is 1. The summed E-state index contributed by atoms with van der Waals surface area (Å²) in [7, 11) is 0. The van der Waals surface area contributed by atoms with Crippen molar-refractivity contribution < 1.29 is 9.72 Å². The summed E-state index contributed by atoms with van der Waals surface area (Å²) < 4.78 is 0.946. The zero-order chi connectivity index (χ0) is 18.5. The van der Waals surface area contributed by atoms with Crippen molar-refractivity contribution >= 4 is 56.0 Å². The maximum Gasteiger partial charge on any atom is 0.270 e. The monoisotopic (exact) mass is 409 g/mol. The van der Waals surface area contributed by atoms with Gasteiger partial charge in [-0.2, -0.15) is 0 Å². The lowest BCUT2D eigenvalue weighted by molar-refractivity contribution is -0.384. The highest BCUT2D eigenvalue weighted by Gasteiger charge is 2.23. The smallest absolute Gasteiger partial charge is 0.270 e. The maximum atomic E-state index is 12.5. The second-order valence-corrected chi connectivity index (χ2v) is 8.73. The van der Waals surface area contributed by atoms with Crippen LogP contribution in [0.5, 0.6) is 0 Å². The van der Waals surface area contributed by atoms with Gasteiger partial charge in [0.1, 0.15) is 9.38 Å². The summed E-state index contributed by atoms with van der Waals surface area (Å²) in [6.45, 7) is 2.75. The van der Waals surface area contributed by atoms with E-state index in [1.165, 1.54) is 35.2 Å². The first-order valence-corrected chi connectivity index (χ1v) is 10.5. The number of rotatable bonds is 6. The van der Waals surface area contributed by atoms with Crippen LogP contribution in [0, 0.1) is 10.1 Å². The Hall–Kier alpha value is -1.98. The van der Waals surface area contributed by atoms with Crippen LogP contribution in [0.15, 0.2) is 29.3 Å². The Labute approximate surface area is 162 Å². The number of aliphatic imine (C=N–C) groups is 1. The van der Waals surface area contributed by atoms with Gasteiger partial charge in [-0.15, -0.1) is 10.2 Å². The molecule has 0 saturated heterocycles. The second-order valence-electron chi connectivity index (χ2n) is 5.22. The van der Waals surface area contributed by atoms with E-state index >= 15 is 0 Å². The summed E-state index contributed by atoms with van der Waals surface area (Å²) in [5.74, 6) is 0.818. The van der Waals surface area contributed by atoms with Crippen LogP contribution >= 0.6 is 34.9 Å². The van der Waals surface area contributed by atoms with Crippen LogP contribution in [-0.4, -0.2) is 43.0 Å². The molecule has 3 rings (SSSR count). The van der Waals surface area contributed by atoms with E-state index in [9.17, 15) is 14.9 Å². The number of carbonyl (C=O) groups is 1. The molecule has 8 nitrogen and oxygen atoms in total. The first kappa shape index (κ1) is 18.8. The van der Waals surface area contributed by atoms with Crippen LogP contribution < -0.4 is 5.32 Å². The van der Waals surface area contributed by atoms with E-state index < -0.39 is 4.92 Å². The third kappa shape index (κ3) is 4.59. The number of anilines is 1. The fourth-order valence-corrected chi connectivity index (χ4v) is 5.05. The molecule has 1 amide bonds. The highest BCUT2D eigenvalue weighted by molar-refractivity contribution is 8.39. The normalized spacial score (nSPS) is 14.7. The van der Waals surface area contributed by atoms with Crippen molar-refractivity contribution in [2.75, 3.05) is 17.6 Å². The minimum atomic E-state index is -0.458. The van der Waals surface area contributed by atoms with Gasteiger partial charge in [-0.1, -0.05) is 53.9 Å². The first-order valence-electron chi connectivity index (χ1n) is 7.80. The van der Waals surface area contributed by atoms with Crippen molar-refractivity contribution in [1.29, 1.82) is 0 Å². The fourth-order valence-electron chi connectivity index (χ4n) is 2.16. The molecular formula is C15H15N5O3S3. The Balaban J connectivity index is 1.68. The lowest BCUT2D eigenvalue weighted by Gasteiger charge is -2.12. The molecule has 0 spiro atoms. The number of carbonyl (C=O) groups excluding carboxylic acids is 1. The molecule has 1 N–H and O–H groups in total. The van der Waals surface area contributed by atoms with Crippen LogP contribution in [0.1, 0.15) is 13.3 Å². The zero-order valence-electron chi connectivity index (χ0n) is 13.7.